The molecule has 0 aliphatic carbocycles. The van der Waals surface area contributed by atoms with Gasteiger partial charge in [0.15, 0.2) is 5.67 Å². The van der Waals surface area contributed by atoms with E-state index in [0.29, 0.717) is 0 Å². The predicted octanol–water partition coefficient (Wildman–Crippen LogP) is 3.64. The number of hydrogen-bond donors (Lipinski definition) is 0. The lowest BCUT2D eigenvalue weighted by Gasteiger charge is -2.28. The van der Waals surface area contributed by atoms with Gasteiger partial charge in [0.25, 0.3) is 0 Å². The summed E-state index contributed by atoms with van der Waals surface area (Å²) >= 11 is 0. The molecule has 0 saturated carbocycles. The third-order valence-corrected chi connectivity index (χ3v) is 1.10. The molecule has 0 amide bonds. The highest BCUT2D eigenvalue weighted by molar-refractivity contribution is 8.31. The van der Waals surface area contributed by atoms with Gasteiger partial charge in [0.2, 0.25) is 0 Å². The second-order valence-electron chi connectivity index (χ2n) is 2.92. The Morgan fingerprint density at radius 3 is 1.06 bits per heavy atom. The first-order chi connectivity index (χ1) is 6.50. The highest BCUT2D eigenvalue weighted by Gasteiger charge is 2.67. The third-order valence-electron chi connectivity index (χ3n) is 1.10. The van der Waals surface area contributed by atoms with E-state index in [1.54, 1.807) is 0 Å². The van der Waals surface area contributed by atoms with Gasteiger partial charge in [0.1, 0.15) is 0 Å². The van der Waals surface area contributed by atoms with Crippen LogP contribution >= 0.6 is 21.4 Å². The fourth-order valence-electron chi connectivity index (χ4n) is 0.337. The molecule has 0 aliphatic heterocycles. The number of halogens is 8. The van der Waals surface area contributed by atoms with Gasteiger partial charge in [0.05, 0.1) is 0 Å². The van der Waals surface area contributed by atoms with E-state index in [1.807, 2.05) is 0 Å². The van der Waals surface area contributed by atoms with E-state index in [-0.39, 0.29) is 13.8 Å². The first kappa shape index (κ1) is 18.5. The maximum Gasteiger partial charge on any atom is 0.456 e. The standard InChI is InChI=1S/C5H6F6.Cl2O2S/c1-3(2,6)4(7,8)5(9,10)11;1-5(2,3)4/h1-2H3;. The van der Waals surface area contributed by atoms with Crippen LogP contribution in [0.2, 0.25) is 0 Å². The molecule has 0 unspecified atom stereocenters. The molecule has 0 aromatic carbocycles. The van der Waals surface area contributed by atoms with Crippen molar-refractivity contribution in [3.8, 4) is 0 Å². The van der Waals surface area contributed by atoms with Gasteiger partial charge >= 0.3 is 20.4 Å². The molecule has 0 aromatic heterocycles. The Kier molecular flexibility index (Phi) is 5.98. The van der Waals surface area contributed by atoms with Gasteiger partial charge in [-0.1, -0.05) is 0 Å². The molecule has 0 heterocycles. The maximum atomic E-state index is 12.2. The molecule has 0 rings (SSSR count). The van der Waals surface area contributed by atoms with Crippen molar-refractivity contribution in [2.45, 2.75) is 31.6 Å². The molecule has 11 heteroatoms. The third kappa shape index (κ3) is 7.39. The van der Waals surface area contributed by atoms with E-state index >= 15 is 0 Å². The Morgan fingerprint density at radius 2 is 1.06 bits per heavy atom. The summed E-state index contributed by atoms with van der Waals surface area (Å²) in [6.07, 6.45) is -5.83. The zero-order valence-corrected chi connectivity index (χ0v) is 10.1. The van der Waals surface area contributed by atoms with Crippen molar-refractivity contribution >= 4 is 29.6 Å². The number of rotatable bonds is 1. The molecular formula is C5H6Cl2F6O2S. The minimum absolute atomic E-state index is 0.181. The highest BCUT2D eigenvalue weighted by atomic mass is 36.0. The second-order valence-corrected chi connectivity index (χ2v) is 6.59. The summed E-state index contributed by atoms with van der Waals surface area (Å²) in [5, 5.41) is 0. The van der Waals surface area contributed by atoms with Gasteiger partial charge in [-0.05, 0) is 13.8 Å². The van der Waals surface area contributed by atoms with Crippen molar-refractivity contribution in [2.75, 3.05) is 0 Å². The Bertz CT molecular complexity index is 293. The van der Waals surface area contributed by atoms with Crippen molar-refractivity contribution < 1.29 is 34.8 Å². The molecule has 0 atom stereocenters. The molecule has 0 saturated heterocycles. The summed E-state index contributed by atoms with van der Waals surface area (Å²) in [4.78, 5) is 0. The monoisotopic (exact) mass is 314 g/mol. The van der Waals surface area contributed by atoms with Crippen LogP contribution in [-0.2, 0) is 8.26 Å². The quantitative estimate of drug-likeness (QED) is 0.547. The Balaban J connectivity index is 0. The van der Waals surface area contributed by atoms with Crippen molar-refractivity contribution in [1.82, 2.24) is 0 Å². The van der Waals surface area contributed by atoms with Crippen molar-refractivity contribution in [2.24, 2.45) is 0 Å². The van der Waals surface area contributed by atoms with Crippen LogP contribution in [0.1, 0.15) is 13.8 Å². The zero-order valence-electron chi connectivity index (χ0n) is 7.75. The Hall–Kier alpha value is 0.110. The first-order valence-electron chi connectivity index (χ1n) is 3.28. The van der Waals surface area contributed by atoms with Gasteiger partial charge in [-0.15, -0.1) is 0 Å². The summed E-state index contributed by atoms with van der Waals surface area (Å²) in [5.41, 5.74) is -3.58. The fourth-order valence-corrected chi connectivity index (χ4v) is 0.337. The second kappa shape index (κ2) is 5.18. The van der Waals surface area contributed by atoms with Gasteiger partial charge in [-0.3, -0.25) is 0 Å². The zero-order chi connectivity index (χ0) is 14.0. The average molecular weight is 315 g/mol. The van der Waals surface area contributed by atoms with E-state index in [2.05, 4.69) is 21.4 Å². The topological polar surface area (TPSA) is 34.1 Å². The lowest BCUT2D eigenvalue weighted by Crippen LogP contribution is -2.50. The van der Waals surface area contributed by atoms with Gasteiger partial charge in [0, 0.05) is 21.4 Å². The molecule has 0 bridgehead atoms. The van der Waals surface area contributed by atoms with Crippen LogP contribution in [0, 0.1) is 0 Å². The van der Waals surface area contributed by atoms with Crippen LogP contribution in [0.4, 0.5) is 26.3 Å². The van der Waals surface area contributed by atoms with E-state index in [0.717, 1.165) is 0 Å². The van der Waals surface area contributed by atoms with Crippen LogP contribution in [0.15, 0.2) is 0 Å². The molecule has 0 aliphatic rings. The molecule has 0 spiro atoms. The minimum atomic E-state index is -5.83. The van der Waals surface area contributed by atoms with Crippen LogP contribution in [0.25, 0.3) is 0 Å². The van der Waals surface area contributed by atoms with Gasteiger partial charge < -0.3 is 0 Å². The van der Waals surface area contributed by atoms with Crippen LogP contribution < -0.4 is 0 Å². The predicted molar refractivity (Wildman–Crippen MR) is 46.8 cm³/mol. The van der Waals surface area contributed by atoms with E-state index < -0.39 is 26.0 Å². The van der Waals surface area contributed by atoms with Crippen LogP contribution in [0.3, 0.4) is 0 Å². The molecular weight excluding hydrogens is 309 g/mol. The fraction of sp³-hybridized carbons (Fsp3) is 1.00. The Morgan fingerprint density at radius 1 is 0.875 bits per heavy atom. The largest absolute Gasteiger partial charge is 0.456 e. The van der Waals surface area contributed by atoms with Crippen LogP contribution in [-0.4, -0.2) is 26.2 Å². The SMILES string of the molecule is CC(C)(F)C(F)(F)C(F)(F)F.O=S(=O)(Cl)Cl. The van der Waals surface area contributed by atoms with Gasteiger partial charge in [-0.2, -0.15) is 30.4 Å². The first-order valence-corrected chi connectivity index (χ1v) is 6.41. The normalized spacial score (nSPS) is 14.1. The lowest BCUT2D eigenvalue weighted by atomic mass is 10.0. The molecule has 2 nitrogen and oxygen atoms in total. The van der Waals surface area contributed by atoms with Crippen molar-refractivity contribution in [3.05, 3.63) is 0 Å². The molecule has 0 fully saturated rings. The lowest BCUT2D eigenvalue weighted by molar-refractivity contribution is -0.321. The summed E-state index contributed by atoms with van der Waals surface area (Å²) in [7, 11) is 4.81. The average Bonchev–Trinajstić information content (AvgIpc) is 1.76. The van der Waals surface area contributed by atoms with E-state index in [4.69, 9.17) is 8.42 Å². The van der Waals surface area contributed by atoms with Crippen molar-refractivity contribution in [1.29, 1.82) is 0 Å². The van der Waals surface area contributed by atoms with E-state index in [1.165, 1.54) is 0 Å². The number of alkyl halides is 6. The van der Waals surface area contributed by atoms with Crippen LogP contribution in [0.5, 0.6) is 0 Å². The molecule has 0 radical (unpaired) electrons. The Labute approximate surface area is 96.4 Å². The summed E-state index contributed by atoms with van der Waals surface area (Å²) in [6, 6.07) is 0. The number of hydrogen-bond acceptors (Lipinski definition) is 2. The molecule has 16 heavy (non-hydrogen) atoms. The summed E-state index contributed by atoms with van der Waals surface area (Å²) in [5.74, 6) is -5.29. The molecule has 100 valence electrons. The molecule has 0 N–H and O–H groups in total. The minimum Gasteiger partial charge on any atom is -0.237 e. The summed E-state index contributed by atoms with van der Waals surface area (Å²) in [6.45, 7) is 0.362. The van der Waals surface area contributed by atoms with Crippen molar-refractivity contribution in [3.63, 3.8) is 0 Å². The highest BCUT2D eigenvalue weighted by Crippen LogP contribution is 2.44. The van der Waals surface area contributed by atoms with E-state index in [9.17, 15) is 26.3 Å². The summed E-state index contributed by atoms with van der Waals surface area (Å²) < 4.78 is 88.4. The maximum absolute atomic E-state index is 12.2. The smallest absolute Gasteiger partial charge is 0.237 e. The van der Waals surface area contributed by atoms with Gasteiger partial charge in [-0.25, -0.2) is 4.39 Å². The molecule has 0 aromatic rings.